The molecule has 0 spiro atoms. The van der Waals surface area contributed by atoms with E-state index in [1.54, 1.807) is 24.3 Å². The van der Waals surface area contributed by atoms with Gasteiger partial charge in [-0.25, -0.2) is 0 Å². The molecule has 102 valence electrons. The van der Waals surface area contributed by atoms with Gasteiger partial charge in [0.15, 0.2) is 0 Å². The average molecular weight is 260 g/mol. The number of benzene rings is 1. The maximum absolute atomic E-state index is 11.6. The summed E-state index contributed by atoms with van der Waals surface area (Å²) < 4.78 is 5.29. The predicted octanol–water partition coefficient (Wildman–Crippen LogP) is 3.09. The SMILES string of the molecule is CCCCCCOCC(=O)Nc1ccc(C#N)cc1. The number of nitriles is 1. The normalized spacial score (nSPS) is 9.89. The van der Waals surface area contributed by atoms with Crippen molar-refractivity contribution in [2.75, 3.05) is 18.5 Å². The molecule has 4 nitrogen and oxygen atoms in total. The van der Waals surface area contributed by atoms with Crippen LogP contribution in [0, 0.1) is 11.3 Å². The summed E-state index contributed by atoms with van der Waals surface area (Å²) in [4.78, 5) is 11.6. The number of nitrogens with zero attached hydrogens (tertiary/aromatic N) is 1. The number of carbonyl (C=O) groups is 1. The largest absolute Gasteiger partial charge is 0.372 e. The summed E-state index contributed by atoms with van der Waals surface area (Å²) in [6, 6.07) is 8.78. The summed E-state index contributed by atoms with van der Waals surface area (Å²) in [5, 5.41) is 11.4. The minimum Gasteiger partial charge on any atom is -0.372 e. The van der Waals surface area contributed by atoms with E-state index < -0.39 is 0 Å². The molecule has 0 aliphatic carbocycles. The molecule has 1 rings (SSSR count). The van der Waals surface area contributed by atoms with Gasteiger partial charge in [0, 0.05) is 12.3 Å². The molecular weight excluding hydrogens is 240 g/mol. The van der Waals surface area contributed by atoms with Crippen LogP contribution < -0.4 is 5.32 Å². The van der Waals surface area contributed by atoms with Crippen LogP contribution in [0.25, 0.3) is 0 Å². The van der Waals surface area contributed by atoms with Crippen LogP contribution in [0.3, 0.4) is 0 Å². The predicted molar refractivity (Wildman–Crippen MR) is 74.7 cm³/mol. The maximum atomic E-state index is 11.6. The molecule has 0 unspecified atom stereocenters. The van der Waals surface area contributed by atoms with E-state index in [0.717, 1.165) is 12.8 Å². The molecule has 0 aliphatic heterocycles. The van der Waals surface area contributed by atoms with Crippen molar-refractivity contribution in [1.82, 2.24) is 0 Å². The Balaban J connectivity index is 2.18. The van der Waals surface area contributed by atoms with Gasteiger partial charge in [-0.1, -0.05) is 26.2 Å². The van der Waals surface area contributed by atoms with E-state index in [9.17, 15) is 4.79 Å². The van der Waals surface area contributed by atoms with Gasteiger partial charge in [-0.2, -0.15) is 5.26 Å². The van der Waals surface area contributed by atoms with E-state index in [4.69, 9.17) is 10.00 Å². The number of hydrogen-bond donors (Lipinski definition) is 1. The molecule has 0 saturated heterocycles. The van der Waals surface area contributed by atoms with Crippen molar-refractivity contribution >= 4 is 11.6 Å². The van der Waals surface area contributed by atoms with Gasteiger partial charge < -0.3 is 10.1 Å². The third-order valence-electron chi connectivity index (χ3n) is 2.67. The van der Waals surface area contributed by atoms with Crippen LogP contribution in [-0.2, 0) is 9.53 Å². The zero-order chi connectivity index (χ0) is 13.9. The minimum absolute atomic E-state index is 0.0755. The monoisotopic (exact) mass is 260 g/mol. The maximum Gasteiger partial charge on any atom is 0.250 e. The molecular formula is C15H20N2O2. The number of amides is 1. The van der Waals surface area contributed by atoms with Crippen molar-refractivity contribution in [3.05, 3.63) is 29.8 Å². The Kier molecular flexibility index (Phi) is 7.30. The molecule has 0 atom stereocenters. The van der Waals surface area contributed by atoms with E-state index in [1.165, 1.54) is 12.8 Å². The molecule has 0 radical (unpaired) electrons. The lowest BCUT2D eigenvalue weighted by Gasteiger charge is -2.06. The fourth-order valence-corrected chi connectivity index (χ4v) is 1.62. The lowest BCUT2D eigenvalue weighted by molar-refractivity contribution is -0.120. The first-order valence-electron chi connectivity index (χ1n) is 6.64. The van der Waals surface area contributed by atoms with Gasteiger partial charge in [0.05, 0.1) is 11.6 Å². The zero-order valence-electron chi connectivity index (χ0n) is 11.3. The Morgan fingerprint density at radius 1 is 1.26 bits per heavy atom. The quantitative estimate of drug-likeness (QED) is 0.730. The third kappa shape index (κ3) is 6.58. The summed E-state index contributed by atoms with van der Waals surface area (Å²) >= 11 is 0. The molecule has 0 aromatic heterocycles. The zero-order valence-corrected chi connectivity index (χ0v) is 11.3. The van der Waals surface area contributed by atoms with Gasteiger partial charge in [0.1, 0.15) is 6.61 Å². The number of hydrogen-bond acceptors (Lipinski definition) is 3. The fraction of sp³-hybridized carbons (Fsp3) is 0.467. The van der Waals surface area contributed by atoms with Crippen molar-refractivity contribution in [2.24, 2.45) is 0 Å². The van der Waals surface area contributed by atoms with Crippen molar-refractivity contribution in [3.63, 3.8) is 0 Å². The molecule has 1 amide bonds. The Bertz CT molecular complexity index is 421. The van der Waals surface area contributed by atoms with Gasteiger partial charge >= 0.3 is 0 Å². The van der Waals surface area contributed by atoms with Gasteiger partial charge in [-0.05, 0) is 30.7 Å². The summed E-state index contributed by atoms with van der Waals surface area (Å²) in [5.74, 6) is -0.166. The minimum atomic E-state index is -0.166. The topological polar surface area (TPSA) is 62.1 Å². The summed E-state index contributed by atoms with van der Waals surface area (Å²) in [7, 11) is 0. The second-order valence-corrected chi connectivity index (χ2v) is 4.35. The van der Waals surface area contributed by atoms with Gasteiger partial charge in [-0.3, -0.25) is 4.79 Å². The van der Waals surface area contributed by atoms with Crippen LogP contribution in [-0.4, -0.2) is 19.1 Å². The second-order valence-electron chi connectivity index (χ2n) is 4.35. The summed E-state index contributed by atoms with van der Waals surface area (Å²) in [5.41, 5.74) is 1.25. The highest BCUT2D eigenvalue weighted by Gasteiger charge is 2.02. The second kappa shape index (κ2) is 9.12. The van der Waals surface area contributed by atoms with E-state index in [0.29, 0.717) is 17.9 Å². The lowest BCUT2D eigenvalue weighted by Crippen LogP contribution is -2.18. The lowest BCUT2D eigenvalue weighted by atomic mass is 10.2. The van der Waals surface area contributed by atoms with Crippen molar-refractivity contribution in [3.8, 4) is 6.07 Å². The average Bonchev–Trinajstić information content (AvgIpc) is 2.43. The first-order chi connectivity index (χ1) is 9.26. The van der Waals surface area contributed by atoms with Crippen LogP contribution in [0.5, 0.6) is 0 Å². The first-order valence-corrected chi connectivity index (χ1v) is 6.64. The number of unbranched alkanes of at least 4 members (excludes halogenated alkanes) is 3. The molecule has 1 aromatic carbocycles. The van der Waals surface area contributed by atoms with Crippen LogP contribution in [0.2, 0.25) is 0 Å². The molecule has 0 aliphatic rings. The molecule has 1 N–H and O–H groups in total. The Morgan fingerprint density at radius 3 is 2.63 bits per heavy atom. The molecule has 4 heteroatoms. The number of nitrogens with one attached hydrogen (secondary N) is 1. The highest BCUT2D eigenvalue weighted by atomic mass is 16.5. The van der Waals surface area contributed by atoms with Gasteiger partial charge in [-0.15, -0.1) is 0 Å². The summed E-state index contributed by atoms with van der Waals surface area (Å²) in [6.45, 7) is 2.86. The van der Waals surface area contributed by atoms with E-state index in [1.807, 2.05) is 6.07 Å². The van der Waals surface area contributed by atoms with Crippen LogP contribution in [0.15, 0.2) is 24.3 Å². The van der Waals surface area contributed by atoms with E-state index in [2.05, 4.69) is 12.2 Å². The Labute approximate surface area is 114 Å². The van der Waals surface area contributed by atoms with E-state index >= 15 is 0 Å². The Hall–Kier alpha value is -1.86. The smallest absolute Gasteiger partial charge is 0.250 e. The standard InChI is InChI=1S/C15H20N2O2/c1-2-3-4-5-10-19-12-15(18)17-14-8-6-13(11-16)7-9-14/h6-9H,2-5,10,12H2,1H3,(H,17,18). The molecule has 1 aromatic rings. The number of rotatable bonds is 8. The van der Waals surface area contributed by atoms with Crippen LogP contribution >= 0.6 is 0 Å². The fourth-order valence-electron chi connectivity index (χ4n) is 1.62. The number of carbonyl (C=O) groups excluding carboxylic acids is 1. The van der Waals surface area contributed by atoms with Crippen LogP contribution in [0.1, 0.15) is 38.2 Å². The third-order valence-corrected chi connectivity index (χ3v) is 2.67. The van der Waals surface area contributed by atoms with E-state index in [-0.39, 0.29) is 12.5 Å². The molecule has 0 heterocycles. The molecule has 0 saturated carbocycles. The van der Waals surface area contributed by atoms with Crippen LogP contribution in [0.4, 0.5) is 5.69 Å². The molecule has 19 heavy (non-hydrogen) atoms. The van der Waals surface area contributed by atoms with Crippen molar-refractivity contribution in [2.45, 2.75) is 32.6 Å². The highest BCUT2D eigenvalue weighted by Crippen LogP contribution is 2.08. The number of ether oxygens (including phenoxy) is 1. The van der Waals surface area contributed by atoms with Crippen molar-refractivity contribution < 1.29 is 9.53 Å². The van der Waals surface area contributed by atoms with Crippen molar-refractivity contribution in [1.29, 1.82) is 5.26 Å². The molecule has 0 bridgehead atoms. The number of anilines is 1. The van der Waals surface area contributed by atoms with Gasteiger partial charge in [0.25, 0.3) is 0 Å². The van der Waals surface area contributed by atoms with Gasteiger partial charge in [0.2, 0.25) is 5.91 Å². The highest BCUT2D eigenvalue weighted by molar-refractivity contribution is 5.91. The summed E-state index contributed by atoms with van der Waals surface area (Å²) in [6.07, 6.45) is 4.55. The Morgan fingerprint density at radius 2 is 2.00 bits per heavy atom. The molecule has 0 fully saturated rings. The first kappa shape index (κ1) is 15.2.